The van der Waals surface area contributed by atoms with Gasteiger partial charge in [-0.15, -0.1) is 22.7 Å². The lowest BCUT2D eigenvalue weighted by atomic mass is 9.85. The Kier molecular flexibility index (Phi) is 4.23. The molecule has 0 aliphatic rings. The predicted octanol–water partition coefficient (Wildman–Crippen LogP) is 8.15. The van der Waals surface area contributed by atoms with Crippen LogP contribution in [0.4, 0.5) is 0 Å². The zero-order valence-electron chi connectivity index (χ0n) is 16.7. The van der Waals surface area contributed by atoms with Crippen molar-refractivity contribution in [1.29, 1.82) is 0 Å². The van der Waals surface area contributed by atoms with E-state index in [-0.39, 0.29) is 5.41 Å². The third-order valence-corrected chi connectivity index (χ3v) is 7.29. The molecule has 2 nitrogen and oxygen atoms in total. The average molecular weight is 416 g/mol. The van der Waals surface area contributed by atoms with E-state index in [2.05, 4.69) is 69.1 Å². The van der Waals surface area contributed by atoms with Crippen LogP contribution in [-0.2, 0) is 5.41 Å². The second-order valence-electron chi connectivity index (χ2n) is 8.19. The molecule has 2 aromatic carbocycles. The van der Waals surface area contributed by atoms with Crippen molar-refractivity contribution in [3.8, 4) is 17.0 Å². The zero-order chi connectivity index (χ0) is 20.2. The van der Waals surface area contributed by atoms with Crippen LogP contribution in [0.5, 0.6) is 5.75 Å². The largest absolute Gasteiger partial charge is 0.466 e. The van der Waals surface area contributed by atoms with Gasteiger partial charge in [-0.2, -0.15) is 0 Å². The van der Waals surface area contributed by atoms with E-state index < -0.39 is 0 Å². The summed E-state index contributed by atoms with van der Waals surface area (Å²) < 4.78 is 9.28. The number of hydrogen-bond acceptors (Lipinski definition) is 4. The molecular weight excluding hydrogens is 394 g/mol. The molecule has 3 heterocycles. The summed E-state index contributed by atoms with van der Waals surface area (Å²) in [6, 6.07) is 15.1. The molecule has 3 aromatic heterocycles. The number of fused-ring (bicyclic) bond motifs is 4. The molecule has 0 saturated heterocycles. The second-order valence-corrected chi connectivity index (χ2v) is 10.2. The van der Waals surface area contributed by atoms with Crippen LogP contribution in [0.2, 0.25) is 0 Å². The molecule has 0 atom stereocenters. The lowest BCUT2D eigenvalue weighted by molar-refractivity contribution is 0.484. The molecule has 0 N–H and O–H groups in total. The molecule has 0 aliphatic heterocycles. The zero-order valence-corrected chi connectivity index (χ0v) is 18.3. The summed E-state index contributed by atoms with van der Waals surface area (Å²) in [5.74, 6) is 0.809. The van der Waals surface area contributed by atoms with Crippen molar-refractivity contribution in [1.82, 2.24) is 4.98 Å². The number of hydrogen-bond donors (Lipinski definition) is 0. The number of rotatable bonds is 3. The molecule has 5 aromatic rings. The smallest absolute Gasteiger partial charge is 0.127 e. The van der Waals surface area contributed by atoms with E-state index in [1.54, 1.807) is 11.3 Å². The molecule has 0 bridgehead atoms. The number of thiophene rings is 2. The minimum absolute atomic E-state index is 0.0701. The standard InChI is InChI=1S/C25H21NOS2/c1-5-27-17-6-7-18-21(14-17)29-20-8-10-26-23(22(18)20)16-12-15-9-11-28-24(15)19(13-16)25(2,3)4/h5-14H,1H2,2-4H3. The summed E-state index contributed by atoms with van der Waals surface area (Å²) >= 11 is 3.59. The van der Waals surface area contributed by atoms with Gasteiger partial charge < -0.3 is 4.74 Å². The minimum atomic E-state index is 0.0701. The molecule has 0 fully saturated rings. The summed E-state index contributed by atoms with van der Waals surface area (Å²) in [5, 5.41) is 5.90. The topological polar surface area (TPSA) is 22.1 Å². The lowest BCUT2D eigenvalue weighted by Crippen LogP contribution is -2.11. The Bertz CT molecular complexity index is 1390. The van der Waals surface area contributed by atoms with E-state index in [4.69, 9.17) is 9.72 Å². The first-order valence-electron chi connectivity index (χ1n) is 9.56. The van der Waals surface area contributed by atoms with E-state index in [0.717, 1.165) is 11.4 Å². The Labute approximate surface area is 178 Å². The maximum atomic E-state index is 5.47. The molecule has 0 saturated carbocycles. The Morgan fingerprint density at radius 1 is 1.03 bits per heavy atom. The highest BCUT2D eigenvalue weighted by Gasteiger charge is 2.21. The summed E-state index contributed by atoms with van der Waals surface area (Å²) in [7, 11) is 0. The number of ether oxygens (including phenoxy) is 1. The Morgan fingerprint density at radius 3 is 2.69 bits per heavy atom. The van der Waals surface area contributed by atoms with E-state index in [0.29, 0.717) is 0 Å². The minimum Gasteiger partial charge on any atom is -0.466 e. The Hall–Kier alpha value is -2.69. The molecule has 0 unspecified atom stereocenters. The van der Waals surface area contributed by atoms with Crippen LogP contribution in [0.25, 0.3) is 41.5 Å². The van der Waals surface area contributed by atoms with Crippen molar-refractivity contribution >= 4 is 52.9 Å². The van der Waals surface area contributed by atoms with Crippen LogP contribution >= 0.6 is 22.7 Å². The fraction of sp³-hybridized carbons (Fsp3) is 0.160. The van der Waals surface area contributed by atoms with Gasteiger partial charge in [0.1, 0.15) is 5.75 Å². The lowest BCUT2D eigenvalue weighted by Gasteiger charge is -2.21. The average Bonchev–Trinajstić information content (AvgIpc) is 3.30. The second kappa shape index (κ2) is 6.68. The van der Waals surface area contributed by atoms with Gasteiger partial charge in [0.15, 0.2) is 0 Å². The van der Waals surface area contributed by atoms with Crippen LogP contribution in [-0.4, -0.2) is 4.98 Å². The van der Waals surface area contributed by atoms with Gasteiger partial charge in [-0.05, 0) is 64.2 Å². The summed E-state index contributed by atoms with van der Waals surface area (Å²) in [6.07, 6.45) is 3.38. The third-order valence-electron chi connectivity index (χ3n) is 5.21. The molecule has 0 aliphatic carbocycles. The van der Waals surface area contributed by atoms with Crippen molar-refractivity contribution in [2.75, 3.05) is 0 Å². The Morgan fingerprint density at radius 2 is 1.90 bits per heavy atom. The van der Waals surface area contributed by atoms with Gasteiger partial charge in [0.05, 0.1) is 12.0 Å². The van der Waals surface area contributed by atoms with Gasteiger partial charge in [0.2, 0.25) is 0 Å². The van der Waals surface area contributed by atoms with Crippen molar-refractivity contribution < 1.29 is 4.74 Å². The molecule has 5 rings (SSSR count). The highest BCUT2D eigenvalue weighted by Crippen LogP contribution is 2.43. The maximum Gasteiger partial charge on any atom is 0.127 e. The van der Waals surface area contributed by atoms with Crippen LogP contribution in [0.1, 0.15) is 26.3 Å². The number of nitrogens with zero attached hydrogens (tertiary/aromatic N) is 1. The predicted molar refractivity (Wildman–Crippen MR) is 127 cm³/mol. The van der Waals surface area contributed by atoms with E-state index in [1.807, 2.05) is 23.6 Å². The van der Waals surface area contributed by atoms with Gasteiger partial charge in [-0.1, -0.05) is 27.4 Å². The number of aromatic nitrogens is 1. The first kappa shape index (κ1) is 18.3. The van der Waals surface area contributed by atoms with Crippen LogP contribution in [0, 0.1) is 0 Å². The SMILES string of the molecule is C=COc1ccc2c(c1)sc1ccnc(-c3cc(C(C)(C)C)c4sccc4c3)c12. The van der Waals surface area contributed by atoms with Crippen molar-refractivity contribution in [2.45, 2.75) is 26.2 Å². The highest BCUT2D eigenvalue weighted by atomic mass is 32.1. The molecule has 0 radical (unpaired) electrons. The maximum absolute atomic E-state index is 5.47. The molecular formula is C25H21NOS2. The van der Waals surface area contributed by atoms with Crippen molar-refractivity contribution in [2.24, 2.45) is 0 Å². The van der Waals surface area contributed by atoms with E-state index >= 15 is 0 Å². The summed E-state index contributed by atoms with van der Waals surface area (Å²) in [5.41, 5.74) is 3.67. The van der Waals surface area contributed by atoms with Gasteiger partial charge in [0.25, 0.3) is 0 Å². The van der Waals surface area contributed by atoms with Crippen LogP contribution in [0.3, 0.4) is 0 Å². The van der Waals surface area contributed by atoms with Crippen molar-refractivity contribution in [3.63, 3.8) is 0 Å². The normalized spacial score (nSPS) is 12.1. The van der Waals surface area contributed by atoms with E-state index in [9.17, 15) is 0 Å². The summed E-state index contributed by atoms with van der Waals surface area (Å²) in [6.45, 7) is 10.5. The van der Waals surface area contributed by atoms with Gasteiger partial charge in [-0.3, -0.25) is 4.98 Å². The third kappa shape index (κ3) is 3.04. The molecule has 29 heavy (non-hydrogen) atoms. The summed E-state index contributed by atoms with van der Waals surface area (Å²) in [4.78, 5) is 4.84. The first-order valence-corrected chi connectivity index (χ1v) is 11.3. The molecule has 0 spiro atoms. The fourth-order valence-electron chi connectivity index (χ4n) is 3.87. The Balaban J connectivity index is 1.81. The van der Waals surface area contributed by atoms with Gasteiger partial charge in [0, 0.05) is 36.6 Å². The first-order chi connectivity index (χ1) is 14.0. The van der Waals surface area contributed by atoms with Crippen molar-refractivity contribution in [3.05, 3.63) is 72.4 Å². The fourth-order valence-corrected chi connectivity index (χ4v) is 6.10. The highest BCUT2D eigenvalue weighted by molar-refractivity contribution is 7.26. The number of benzene rings is 2. The molecule has 144 valence electrons. The quantitative estimate of drug-likeness (QED) is 0.277. The van der Waals surface area contributed by atoms with Gasteiger partial charge >= 0.3 is 0 Å². The molecule has 4 heteroatoms. The number of pyridine rings is 1. The van der Waals surface area contributed by atoms with E-state index in [1.165, 1.54) is 47.6 Å². The monoisotopic (exact) mass is 415 g/mol. The van der Waals surface area contributed by atoms with Gasteiger partial charge in [-0.25, -0.2) is 0 Å². The van der Waals surface area contributed by atoms with Crippen LogP contribution < -0.4 is 4.74 Å². The van der Waals surface area contributed by atoms with Crippen LogP contribution in [0.15, 0.2) is 66.9 Å². The molecule has 0 amide bonds.